The van der Waals surface area contributed by atoms with Gasteiger partial charge in [0.25, 0.3) is 0 Å². The predicted molar refractivity (Wildman–Crippen MR) is 102 cm³/mol. The third kappa shape index (κ3) is 3.86. The molecule has 1 N–H and O–H groups in total. The van der Waals surface area contributed by atoms with Crippen LogP contribution in [0.4, 0.5) is 0 Å². The second-order valence-corrected chi connectivity index (χ2v) is 9.33. The second-order valence-electron chi connectivity index (χ2n) is 7.45. The summed E-state index contributed by atoms with van der Waals surface area (Å²) in [6, 6.07) is 1.70. The van der Waals surface area contributed by atoms with Crippen LogP contribution in [0.3, 0.4) is 0 Å². The minimum atomic E-state index is -3.75. The molecule has 2 unspecified atom stereocenters. The first kappa shape index (κ1) is 20.6. The molecule has 154 valence electrons. The van der Waals surface area contributed by atoms with Crippen LogP contribution < -0.4 is 5.32 Å². The molecule has 0 aromatic carbocycles. The van der Waals surface area contributed by atoms with Crippen LogP contribution in [-0.4, -0.2) is 36.9 Å². The molecule has 9 heteroatoms. The van der Waals surface area contributed by atoms with Crippen LogP contribution >= 0.6 is 0 Å². The van der Waals surface area contributed by atoms with E-state index in [-0.39, 0.29) is 29.1 Å². The van der Waals surface area contributed by atoms with E-state index in [1.807, 2.05) is 26.8 Å². The Kier molecular flexibility index (Phi) is 5.67. The molecule has 2 atom stereocenters. The Morgan fingerprint density at radius 1 is 1.29 bits per heavy atom. The zero-order chi connectivity index (χ0) is 20.6. The highest BCUT2D eigenvalue weighted by molar-refractivity contribution is 7.89. The molecule has 0 aliphatic carbocycles. The molecule has 0 bridgehead atoms. The molecule has 0 saturated carbocycles. The molecule has 3 heterocycles. The predicted octanol–water partition coefficient (Wildman–Crippen LogP) is 2.78. The molecular formula is C19H27N3O5S. The van der Waals surface area contributed by atoms with Crippen LogP contribution in [0.5, 0.6) is 0 Å². The van der Waals surface area contributed by atoms with Crippen LogP contribution in [0, 0.1) is 33.6 Å². The topological polar surface area (TPSA) is 106 Å². The number of furan rings is 1. The molecule has 8 nitrogen and oxygen atoms in total. The minimum Gasteiger partial charge on any atom is -0.466 e. The molecular weight excluding hydrogens is 382 g/mol. The van der Waals surface area contributed by atoms with E-state index in [9.17, 15) is 13.2 Å². The van der Waals surface area contributed by atoms with E-state index in [0.29, 0.717) is 25.1 Å². The zero-order valence-corrected chi connectivity index (χ0v) is 17.7. The van der Waals surface area contributed by atoms with E-state index in [1.165, 1.54) is 4.31 Å². The summed E-state index contributed by atoms with van der Waals surface area (Å²) in [7, 11) is -3.75. The molecule has 2 aromatic rings. The molecule has 1 aliphatic heterocycles. The maximum absolute atomic E-state index is 13.0. The van der Waals surface area contributed by atoms with E-state index < -0.39 is 15.9 Å². The Bertz CT molecular complexity index is 956. The van der Waals surface area contributed by atoms with Crippen molar-refractivity contribution in [2.75, 3.05) is 13.1 Å². The summed E-state index contributed by atoms with van der Waals surface area (Å²) in [5, 5.41) is 6.74. The summed E-state index contributed by atoms with van der Waals surface area (Å²) in [5.74, 6) is 1.28. The van der Waals surface area contributed by atoms with Crippen LogP contribution in [0.1, 0.15) is 54.3 Å². The third-order valence-corrected chi connectivity index (χ3v) is 7.34. The number of carbonyl (C=O) groups excluding carboxylic acids is 1. The summed E-state index contributed by atoms with van der Waals surface area (Å²) in [6.45, 7) is 9.34. The van der Waals surface area contributed by atoms with E-state index in [1.54, 1.807) is 13.8 Å². The quantitative estimate of drug-likeness (QED) is 0.814. The van der Waals surface area contributed by atoms with Gasteiger partial charge in [-0.15, -0.1) is 0 Å². The lowest BCUT2D eigenvalue weighted by Gasteiger charge is -2.31. The van der Waals surface area contributed by atoms with Crippen molar-refractivity contribution in [3.63, 3.8) is 0 Å². The lowest BCUT2D eigenvalue weighted by atomic mass is 9.98. The molecule has 0 radical (unpaired) electrons. The molecule has 1 amide bonds. The first-order chi connectivity index (χ1) is 13.1. The molecule has 1 saturated heterocycles. The van der Waals surface area contributed by atoms with Crippen LogP contribution in [-0.2, 0) is 14.8 Å². The number of hydrogen-bond donors (Lipinski definition) is 1. The van der Waals surface area contributed by atoms with Crippen molar-refractivity contribution in [1.82, 2.24) is 14.8 Å². The Morgan fingerprint density at radius 2 is 2.00 bits per heavy atom. The van der Waals surface area contributed by atoms with Crippen molar-refractivity contribution in [2.45, 2.75) is 58.4 Å². The van der Waals surface area contributed by atoms with Gasteiger partial charge in [0.2, 0.25) is 15.9 Å². The Morgan fingerprint density at radius 3 is 2.57 bits per heavy atom. The van der Waals surface area contributed by atoms with Crippen LogP contribution in [0.15, 0.2) is 19.9 Å². The summed E-state index contributed by atoms with van der Waals surface area (Å²) >= 11 is 0. The van der Waals surface area contributed by atoms with Gasteiger partial charge >= 0.3 is 0 Å². The van der Waals surface area contributed by atoms with Crippen molar-refractivity contribution in [1.29, 1.82) is 0 Å². The standard InChI is InChI=1S/C19H27N3O5S/c1-11-9-17(14(4)26-11)12(2)20-19(23)16-7-6-8-22(10-16)28(24,25)18-13(3)21-27-15(18)5/h9,12,16H,6-8,10H2,1-5H3,(H,20,23). The SMILES string of the molecule is Cc1cc(C(C)NC(=O)C2CCCN(S(=O)(=O)c3c(C)noc3C)C2)c(C)o1. The van der Waals surface area contributed by atoms with Gasteiger partial charge in [0.1, 0.15) is 22.1 Å². The average molecular weight is 410 g/mol. The van der Waals surface area contributed by atoms with Gasteiger partial charge in [-0.05, 0) is 53.5 Å². The van der Waals surface area contributed by atoms with E-state index in [0.717, 1.165) is 17.1 Å². The van der Waals surface area contributed by atoms with Gasteiger partial charge < -0.3 is 14.3 Å². The highest BCUT2D eigenvalue weighted by Gasteiger charge is 2.36. The van der Waals surface area contributed by atoms with Gasteiger partial charge in [-0.2, -0.15) is 4.31 Å². The Hall–Kier alpha value is -2.13. The molecule has 3 rings (SSSR count). The number of sulfonamides is 1. The summed E-state index contributed by atoms with van der Waals surface area (Å²) in [5.41, 5.74) is 1.27. The van der Waals surface area contributed by atoms with E-state index in [4.69, 9.17) is 8.94 Å². The van der Waals surface area contributed by atoms with Crippen molar-refractivity contribution in [3.8, 4) is 0 Å². The van der Waals surface area contributed by atoms with Crippen LogP contribution in [0.2, 0.25) is 0 Å². The first-order valence-electron chi connectivity index (χ1n) is 9.41. The van der Waals surface area contributed by atoms with Crippen molar-refractivity contribution >= 4 is 15.9 Å². The Labute approximate surface area is 165 Å². The van der Waals surface area contributed by atoms with Gasteiger partial charge in [-0.3, -0.25) is 4.79 Å². The summed E-state index contributed by atoms with van der Waals surface area (Å²) < 4.78 is 38.0. The van der Waals surface area contributed by atoms with E-state index >= 15 is 0 Å². The number of aromatic nitrogens is 1. The van der Waals surface area contributed by atoms with Gasteiger partial charge in [0.15, 0.2) is 5.76 Å². The fraction of sp³-hybridized carbons (Fsp3) is 0.579. The molecule has 1 fully saturated rings. The molecule has 2 aromatic heterocycles. The second kappa shape index (κ2) is 7.71. The zero-order valence-electron chi connectivity index (χ0n) is 16.9. The maximum atomic E-state index is 13.0. The number of nitrogens with zero attached hydrogens (tertiary/aromatic N) is 2. The van der Waals surface area contributed by atoms with Crippen molar-refractivity contribution in [3.05, 3.63) is 34.6 Å². The first-order valence-corrected chi connectivity index (χ1v) is 10.9. The summed E-state index contributed by atoms with van der Waals surface area (Å²) in [4.78, 5) is 12.9. The van der Waals surface area contributed by atoms with Crippen molar-refractivity contribution in [2.24, 2.45) is 5.92 Å². The molecule has 1 aliphatic rings. The molecule has 0 spiro atoms. The third-order valence-electron chi connectivity index (χ3n) is 5.23. The fourth-order valence-electron chi connectivity index (χ4n) is 3.84. The number of aryl methyl sites for hydroxylation is 4. The highest BCUT2D eigenvalue weighted by Crippen LogP contribution is 2.28. The van der Waals surface area contributed by atoms with Gasteiger partial charge in [-0.25, -0.2) is 8.42 Å². The lowest BCUT2D eigenvalue weighted by molar-refractivity contribution is -0.126. The largest absolute Gasteiger partial charge is 0.466 e. The summed E-state index contributed by atoms with van der Waals surface area (Å²) in [6.07, 6.45) is 1.27. The van der Waals surface area contributed by atoms with Crippen molar-refractivity contribution < 1.29 is 22.2 Å². The van der Waals surface area contributed by atoms with E-state index in [2.05, 4.69) is 10.5 Å². The molecule has 28 heavy (non-hydrogen) atoms. The minimum absolute atomic E-state index is 0.103. The number of nitrogens with one attached hydrogen (secondary N) is 1. The maximum Gasteiger partial charge on any atom is 0.248 e. The number of hydrogen-bond acceptors (Lipinski definition) is 6. The fourth-order valence-corrected chi connectivity index (χ4v) is 5.65. The van der Waals surface area contributed by atoms with Gasteiger partial charge in [0, 0.05) is 18.7 Å². The number of amides is 1. The van der Waals surface area contributed by atoms with Gasteiger partial charge in [0.05, 0.1) is 12.0 Å². The number of piperidine rings is 1. The normalized spacial score (nSPS) is 19.5. The average Bonchev–Trinajstić information content (AvgIpc) is 3.15. The van der Waals surface area contributed by atoms with Gasteiger partial charge in [-0.1, -0.05) is 5.16 Å². The number of rotatable bonds is 5. The smallest absolute Gasteiger partial charge is 0.248 e. The Balaban J connectivity index is 1.72. The van der Waals surface area contributed by atoms with Crippen LogP contribution in [0.25, 0.3) is 0 Å². The lowest BCUT2D eigenvalue weighted by Crippen LogP contribution is -2.46. The monoisotopic (exact) mass is 409 g/mol. The highest BCUT2D eigenvalue weighted by atomic mass is 32.2. The number of carbonyl (C=O) groups is 1.